The fourth-order valence-corrected chi connectivity index (χ4v) is 5.34. The molecule has 2 N–H and O–H groups in total. The minimum atomic E-state index is -0.485. The Morgan fingerprint density at radius 1 is 0.833 bits per heavy atom. The van der Waals surface area contributed by atoms with Gasteiger partial charge >= 0.3 is 6.03 Å². The predicted molar refractivity (Wildman–Crippen MR) is 171 cm³/mol. The molecule has 214 valence electrons. The summed E-state index contributed by atoms with van der Waals surface area (Å²) in [5.41, 5.74) is 5.47. The predicted octanol–water partition coefficient (Wildman–Crippen LogP) is 8.01. The van der Waals surface area contributed by atoms with Gasteiger partial charge in [-0.25, -0.2) is 9.78 Å². The number of nitrogens with one attached hydrogen (secondary N) is 2. The third-order valence-electron chi connectivity index (χ3n) is 7.41. The van der Waals surface area contributed by atoms with Crippen LogP contribution >= 0.6 is 0 Å². The van der Waals surface area contributed by atoms with Crippen molar-refractivity contribution in [2.24, 2.45) is 0 Å². The highest BCUT2D eigenvalue weighted by Crippen LogP contribution is 2.36. The molecule has 5 rings (SSSR count). The van der Waals surface area contributed by atoms with E-state index in [2.05, 4.69) is 43.3 Å². The Kier molecular flexibility index (Phi) is 8.38. The van der Waals surface area contributed by atoms with Crippen LogP contribution in [0.4, 0.5) is 16.2 Å². The van der Waals surface area contributed by atoms with Crippen LogP contribution in [0.5, 0.6) is 5.75 Å². The third kappa shape index (κ3) is 5.77. The molecule has 42 heavy (non-hydrogen) atoms. The summed E-state index contributed by atoms with van der Waals surface area (Å²) in [4.78, 5) is 32.7. The maximum Gasteiger partial charge on any atom is 0.323 e. The summed E-state index contributed by atoms with van der Waals surface area (Å²) in [6.45, 7) is 8.70. The SMILES string of the molecule is COc1cccc(-c2c(NC(=O)Nc3c(C(C)C)cccc3C(C)C)c(=O)n(Cc3ccccc3)c3ncccc23)c1. The van der Waals surface area contributed by atoms with Crippen molar-refractivity contribution in [3.8, 4) is 16.9 Å². The topological polar surface area (TPSA) is 85.3 Å². The highest BCUT2D eigenvalue weighted by Gasteiger charge is 2.23. The van der Waals surface area contributed by atoms with Gasteiger partial charge in [0.25, 0.3) is 5.56 Å². The van der Waals surface area contributed by atoms with E-state index in [1.165, 1.54) is 0 Å². The molecule has 0 bridgehead atoms. The van der Waals surface area contributed by atoms with Gasteiger partial charge < -0.3 is 15.4 Å². The van der Waals surface area contributed by atoms with E-state index in [9.17, 15) is 9.59 Å². The quantitative estimate of drug-likeness (QED) is 0.201. The van der Waals surface area contributed by atoms with E-state index in [0.717, 1.165) is 33.3 Å². The van der Waals surface area contributed by atoms with Gasteiger partial charge in [0.2, 0.25) is 0 Å². The van der Waals surface area contributed by atoms with Gasteiger partial charge in [-0.15, -0.1) is 0 Å². The summed E-state index contributed by atoms with van der Waals surface area (Å²) in [5.74, 6) is 1.03. The lowest BCUT2D eigenvalue weighted by Gasteiger charge is -2.22. The number of pyridine rings is 2. The largest absolute Gasteiger partial charge is 0.497 e. The van der Waals surface area contributed by atoms with Crippen LogP contribution in [0.15, 0.2) is 95.9 Å². The van der Waals surface area contributed by atoms with Gasteiger partial charge in [-0.2, -0.15) is 0 Å². The van der Waals surface area contributed by atoms with E-state index in [1.807, 2.05) is 84.9 Å². The van der Waals surface area contributed by atoms with Crippen LogP contribution in [0.1, 0.15) is 56.2 Å². The number of hydrogen-bond donors (Lipinski definition) is 2. The second kappa shape index (κ2) is 12.3. The summed E-state index contributed by atoms with van der Waals surface area (Å²) < 4.78 is 7.11. The molecule has 0 saturated carbocycles. The molecule has 7 nitrogen and oxygen atoms in total. The maximum absolute atomic E-state index is 14.3. The van der Waals surface area contributed by atoms with E-state index < -0.39 is 6.03 Å². The van der Waals surface area contributed by atoms with Gasteiger partial charge in [0.1, 0.15) is 17.1 Å². The molecule has 0 unspecified atom stereocenters. The van der Waals surface area contributed by atoms with Gasteiger partial charge in [0.05, 0.1) is 13.7 Å². The standard InChI is InChI=1S/C35H36N4O3/c1-22(2)27-16-10-17-28(23(3)4)31(27)37-35(41)38-32-30(25-14-9-15-26(20-25)42-5)29-18-11-19-36-33(29)39(34(32)40)21-24-12-7-6-8-13-24/h6-20,22-23H,21H2,1-5H3,(H2,37,38,41). The Bertz CT molecular complexity index is 1770. The number of rotatable bonds is 8. The fourth-order valence-electron chi connectivity index (χ4n) is 5.34. The highest BCUT2D eigenvalue weighted by atomic mass is 16.5. The van der Waals surface area contributed by atoms with Gasteiger partial charge in [-0.05, 0) is 58.4 Å². The molecule has 0 fully saturated rings. The average molecular weight is 561 g/mol. The van der Waals surface area contributed by atoms with Gasteiger partial charge in [0, 0.05) is 22.8 Å². The zero-order valence-corrected chi connectivity index (χ0v) is 24.6. The first-order valence-electron chi connectivity index (χ1n) is 14.2. The number of ether oxygens (including phenoxy) is 1. The molecular weight excluding hydrogens is 524 g/mol. The second-order valence-corrected chi connectivity index (χ2v) is 10.9. The number of anilines is 2. The first kappa shape index (κ1) is 28.6. The maximum atomic E-state index is 14.3. The first-order chi connectivity index (χ1) is 20.3. The molecule has 0 spiro atoms. The lowest BCUT2D eigenvalue weighted by molar-refractivity contribution is 0.262. The zero-order chi connectivity index (χ0) is 29.8. The Balaban J connectivity index is 1.69. The van der Waals surface area contributed by atoms with Crippen molar-refractivity contribution in [2.75, 3.05) is 17.7 Å². The summed E-state index contributed by atoms with van der Waals surface area (Å²) in [5, 5.41) is 6.80. The number of benzene rings is 3. The number of hydrogen-bond acceptors (Lipinski definition) is 4. The fraction of sp³-hybridized carbons (Fsp3) is 0.229. The number of aromatic nitrogens is 2. The Labute approximate surface area is 246 Å². The van der Waals surface area contributed by atoms with E-state index in [4.69, 9.17) is 4.74 Å². The average Bonchev–Trinajstić information content (AvgIpc) is 2.99. The van der Waals surface area contributed by atoms with Gasteiger partial charge in [0.15, 0.2) is 0 Å². The van der Waals surface area contributed by atoms with Crippen LogP contribution in [0.3, 0.4) is 0 Å². The number of methoxy groups -OCH3 is 1. The van der Waals surface area contributed by atoms with Crippen molar-refractivity contribution in [3.63, 3.8) is 0 Å². The van der Waals surface area contributed by atoms with Gasteiger partial charge in [-0.1, -0.05) is 88.4 Å². The smallest absolute Gasteiger partial charge is 0.323 e. The normalized spacial score (nSPS) is 11.2. The lowest BCUT2D eigenvalue weighted by atomic mass is 9.93. The Morgan fingerprint density at radius 2 is 1.50 bits per heavy atom. The molecule has 2 amide bonds. The van der Waals surface area contributed by atoms with Crippen LogP contribution in [-0.2, 0) is 6.54 Å². The molecule has 0 radical (unpaired) electrons. The second-order valence-electron chi connectivity index (χ2n) is 10.9. The van der Waals surface area contributed by atoms with Crippen LogP contribution in [0, 0.1) is 0 Å². The van der Waals surface area contributed by atoms with Crippen molar-refractivity contribution in [1.82, 2.24) is 9.55 Å². The molecule has 5 aromatic rings. The van der Waals surface area contributed by atoms with Gasteiger partial charge in [-0.3, -0.25) is 9.36 Å². The molecular formula is C35H36N4O3. The van der Waals surface area contributed by atoms with E-state index >= 15 is 0 Å². The summed E-state index contributed by atoms with van der Waals surface area (Å²) in [6, 6.07) is 26.6. The number of nitrogens with zero attached hydrogens (tertiary/aromatic N) is 2. The van der Waals surface area contributed by atoms with Crippen LogP contribution in [0.2, 0.25) is 0 Å². The molecule has 0 aliphatic carbocycles. The molecule has 0 saturated heterocycles. The number of para-hydroxylation sites is 1. The molecule has 0 aliphatic rings. The van der Waals surface area contributed by atoms with Crippen LogP contribution < -0.4 is 20.9 Å². The zero-order valence-electron chi connectivity index (χ0n) is 24.6. The molecule has 0 aliphatic heterocycles. The first-order valence-corrected chi connectivity index (χ1v) is 14.2. The number of carbonyl (C=O) groups is 1. The van der Waals surface area contributed by atoms with Crippen molar-refractivity contribution in [2.45, 2.75) is 46.1 Å². The van der Waals surface area contributed by atoms with E-state index in [0.29, 0.717) is 23.5 Å². The minimum Gasteiger partial charge on any atom is -0.497 e. The molecule has 2 heterocycles. The highest BCUT2D eigenvalue weighted by molar-refractivity contribution is 6.07. The molecule has 7 heteroatoms. The van der Waals surface area contributed by atoms with Crippen LogP contribution in [-0.4, -0.2) is 22.7 Å². The summed E-state index contributed by atoms with van der Waals surface area (Å²) >= 11 is 0. The Hall–Kier alpha value is -4.91. The Morgan fingerprint density at radius 3 is 2.17 bits per heavy atom. The lowest BCUT2D eigenvalue weighted by Crippen LogP contribution is -2.30. The van der Waals surface area contributed by atoms with Crippen molar-refractivity contribution >= 4 is 28.4 Å². The van der Waals surface area contributed by atoms with Crippen molar-refractivity contribution in [3.05, 3.63) is 118 Å². The monoisotopic (exact) mass is 560 g/mol. The molecule has 3 aromatic carbocycles. The molecule has 2 aromatic heterocycles. The van der Waals surface area contributed by atoms with Crippen molar-refractivity contribution in [1.29, 1.82) is 0 Å². The van der Waals surface area contributed by atoms with E-state index in [-0.39, 0.29) is 23.1 Å². The summed E-state index contributed by atoms with van der Waals surface area (Å²) in [6.07, 6.45) is 1.68. The number of carbonyl (C=O) groups excluding carboxylic acids is 1. The number of amides is 2. The van der Waals surface area contributed by atoms with Crippen LogP contribution in [0.25, 0.3) is 22.2 Å². The number of fused-ring (bicyclic) bond motifs is 1. The number of urea groups is 1. The minimum absolute atomic E-state index is 0.172. The summed E-state index contributed by atoms with van der Waals surface area (Å²) in [7, 11) is 1.60. The van der Waals surface area contributed by atoms with E-state index in [1.54, 1.807) is 17.9 Å². The third-order valence-corrected chi connectivity index (χ3v) is 7.41. The molecule has 0 atom stereocenters. The van der Waals surface area contributed by atoms with Crippen molar-refractivity contribution < 1.29 is 9.53 Å².